The predicted octanol–water partition coefficient (Wildman–Crippen LogP) is -0.384. The van der Waals surface area contributed by atoms with Gasteiger partial charge in [0.2, 0.25) is 0 Å². The van der Waals surface area contributed by atoms with Gasteiger partial charge in [-0.3, -0.25) is 9.89 Å². The van der Waals surface area contributed by atoms with Crippen LogP contribution in [0.15, 0.2) is 12.4 Å². The van der Waals surface area contributed by atoms with Crippen molar-refractivity contribution < 1.29 is 14.7 Å². The summed E-state index contributed by atoms with van der Waals surface area (Å²) >= 11 is 0. The number of carbonyl (C=O) groups is 2. The first-order valence-corrected chi connectivity index (χ1v) is 3.44. The zero-order valence-corrected chi connectivity index (χ0v) is 6.57. The number of aliphatic carboxylic acids is 1. The lowest BCUT2D eigenvalue weighted by Gasteiger charge is -2.01. The molecule has 0 aromatic carbocycles. The SMILES string of the molecule is O=C(O)CNC(=O)Nc1cn[nH]c1. The molecule has 0 aliphatic carbocycles. The molecule has 1 aromatic rings. The van der Waals surface area contributed by atoms with Crippen LogP contribution >= 0.6 is 0 Å². The predicted molar refractivity (Wildman–Crippen MR) is 43.2 cm³/mol. The second-order valence-electron chi connectivity index (χ2n) is 2.19. The van der Waals surface area contributed by atoms with Gasteiger partial charge in [0.1, 0.15) is 6.54 Å². The number of hydrogen-bond acceptors (Lipinski definition) is 3. The third-order valence-electron chi connectivity index (χ3n) is 1.16. The highest BCUT2D eigenvalue weighted by molar-refractivity contribution is 5.90. The van der Waals surface area contributed by atoms with Gasteiger partial charge in [0.05, 0.1) is 11.9 Å². The molecule has 1 heterocycles. The van der Waals surface area contributed by atoms with Crippen LogP contribution in [0.25, 0.3) is 0 Å². The number of rotatable bonds is 3. The van der Waals surface area contributed by atoms with Gasteiger partial charge in [0, 0.05) is 6.20 Å². The van der Waals surface area contributed by atoms with E-state index in [1.54, 1.807) is 0 Å². The van der Waals surface area contributed by atoms with Gasteiger partial charge in [-0.15, -0.1) is 0 Å². The second-order valence-corrected chi connectivity index (χ2v) is 2.19. The summed E-state index contributed by atoms with van der Waals surface area (Å²) in [4.78, 5) is 20.9. The summed E-state index contributed by atoms with van der Waals surface area (Å²) in [6.45, 7) is -0.413. The summed E-state index contributed by atoms with van der Waals surface area (Å²) in [5, 5.41) is 18.8. The van der Waals surface area contributed by atoms with Gasteiger partial charge in [-0.25, -0.2) is 4.79 Å². The van der Waals surface area contributed by atoms with E-state index in [-0.39, 0.29) is 0 Å². The Hall–Kier alpha value is -2.05. The minimum Gasteiger partial charge on any atom is -0.480 e. The van der Waals surface area contributed by atoms with Gasteiger partial charge < -0.3 is 15.7 Å². The number of nitrogens with zero attached hydrogens (tertiary/aromatic N) is 1. The molecule has 0 aliphatic rings. The zero-order valence-electron chi connectivity index (χ0n) is 6.57. The molecule has 7 heteroatoms. The topological polar surface area (TPSA) is 107 Å². The van der Waals surface area contributed by atoms with Gasteiger partial charge in [-0.05, 0) is 0 Å². The molecule has 7 nitrogen and oxygen atoms in total. The molecule has 0 atom stereocenters. The quantitative estimate of drug-likeness (QED) is 0.513. The Bertz CT molecular complexity index is 295. The molecular weight excluding hydrogens is 176 g/mol. The Balaban J connectivity index is 2.30. The maximum absolute atomic E-state index is 10.9. The molecule has 70 valence electrons. The smallest absolute Gasteiger partial charge is 0.323 e. The Morgan fingerprint density at radius 3 is 2.92 bits per heavy atom. The molecule has 2 amide bonds. The van der Waals surface area contributed by atoms with E-state index in [0.29, 0.717) is 5.69 Å². The van der Waals surface area contributed by atoms with Crippen molar-refractivity contribution in [2.24, 2.45) is 0 Å². The third-order valence-corrected chi connectivity index (χ3v) is 1.16. The van der Waals surface area contributed by atoms with Crippen LogP contribution in [0.5, 0.6) is 0 Å². The summed E-state index contributed by atoms with van der Waals surface area (Å²) < 4.78 is 0. The number of carboxylic acid groups (broad SMARTS) is 1. The number of carboxylic acids is 1. The summed E-state index contributed by atoms with van der Waals surface area (Å²) in [6, 6.07) is -0.580. The molecule has 1 aromatic heterocycles. The van der Waals surface area contributed by atoms with E-state index < -0.39 is 18.5 Å². The van der Waals surface area contributed by atoms with Crippen molar-refractivity contribution in [1.82, 2.24) is 15.5 Å². The van der Waals surface area contributed by atoms with Gasteiger partial charge in [0.25, 0.3) is 0 Å². The van der Waals surface area contributed by atoms with E-state index in [9.17, 15) is 9.59 Å². The van der Waals surface area contributed by atoms with Crippen molar-refractivity contribution in [3.05, 3.63) is 12.4 Å². The zero-order chi connectivity index (χ0) is 9.68. The maximum Gasteiger partial charge on any atom is 0.323 e. The van der Waals surface area contributed by atoms with E-state index >= 15 is 0 Å². The van der Waals surface area contributed by atoms with Gasteiger partial charge in [-0.1, -0.05) is 0 Å². The first-order chi connectivity index (χ1) is 6.18. The summed E-state index contributed by atoms with van der Waals surface area (Å²) in [6.07, 6.45) is 2.88. The fourth-order valence-corrected chi connectivity index (χ4v) is 0.650. The molecule has 4 N–H and O–H groups in total. The molecular formula is C6H8N4O3. The lowest BCUT2D eigenvalue weighted by molar-refractivity contribution is -0.135. The number of aromatic nitrogens is 2. The summed E-state index contributed by atoms with van der Waals surface area (Å²) in [7, 11) is 0. The molecule has 0 radical (unpaired) electrons. The molecule has 0 unspecified atom stereocenters. The number of urea groups is 1. The van der Waals surface area contributed by atoms with E-state index in [0.717, 1.165) is 0 Å². The number of anilines is 1. The van der Waals surface area contributed by atoms with Crippen LogP contribution in [0.2, 0.25) is 0 Å². The van der Waals surface area contributed by atoms with Crippen LogP contribution in [0, 0.1) is 0 Å². The Labute approximate surface area is 73.1 Å². The van der Waals surface area contributed by atoms with Gasteiger partial charge in [0.15, 0.2) is 0 Å². The van der Waals surface area contributed by atoms with Crippen molar-refractivity contribution in [1.29, 1.82) is 0 Å². The average molecular weight is 184 g/mol. The number of amides is 2. The van der Waals surface area contributed by atoms with Crippen LogP contribution < -0.4 is 10.6 Å². The van der Waals surface area contributed by atoms with Crippen LogP contribution in [0.3, 0.4) is 0 Å². The Morgan fingerprint density at radius 1 is 1.62 bits per heavy atom. The van der Waals surface area contributed by atoms with Crippen molar-refractivity contribution in [3.8, 4) is 0 Å². The molecule has 0 fully saturated rings. The monoisotopic (exact) mass is 184 g/mol. The normalized spacial score (nSPS) is 9.23. The first kappa shape index (κ1) is 9.04. The van der Waals surface area contributed by atoms with E-state index in [1.807, 2.05) is 0 Å². The standard InChI is InChI=1S/C6H8N4O3/c11-5(12)3-7-6(13)10-4-1-8-9-2-4/h1-2H,3H2,(H,8,9)(H,11,12)(H2,7,10,13). The van der Waals surface area contributed by atoms with Crippen LogP contribution in [-0.2, 0) is 4.79 Å². The maximum atomic E-state index is 10.9. The van der Waals surface area contributed by atoms with Gasteiger partial charge >= 0.3 is 12.0 Å². The van der Waals surface area contributed by atoms with Crippen LogP contribution in [-0.4, -0.2) is 33.8 Å². The number of H-pyrrole nitrogens is 1. The van der Waals surface area contributed by atoms with E-state index in [1.165, 1.54) is 12.4 Å². The number of aromatic amines is 1. The fourth-order valence-electron chi connectivity index (χ4n) is 0.650. The van der Waals surface area contributed by atoms with Crippen molar-refractivity contribution in [3.63, 3.8) is 0 Å². The minimum absolute atomic E-state index is 0.413. The highest BCUT2D eigenvalue weighted by atomic mass is 16.4. The van der Waals surface area contributed by atoms with E-state index in [2.05, 4.69) is 20.8 Å². The highest BCUT2D eigenvalue weighted by Gasteiger charge is 2.03. The van der Waals surface area contributed by atoms with Crippen molar-refractivity contribution >= 4 is 17.7 Å². The van der Waals surface area contributed by atoms with E-state index in [4.69, 9.17) is 5.11 Å². The summed E-state index contributed by atoms with van der Waals surface area (Å²) in [5.41, 5.74) is 0.475. The summed E-state index contributed by atoms with van der Waals surface area (Å²) in [5.74, 6) is -1.10. The number of nitrogens with one attached hydrogen (secondary N) is 3. The molecule has 1 rings (SSSR count). The van der Waals surface area contributed by atoms with Crippen LogP contribution in [0.4, 0.5) is 10.5 Å². The Morgan fingerprint density at radius 2 is 2.38 bits per heavy atom. The average Bonchev–Trinajstić information content (AvgIpc) is 2.53. The molecule has 0 aliphatic heterocycles. The molecule has 0 saturated heterocycles. The lowest BCUT2D eigenvalue weighted by Crippen LogP contribution is -2.32. The largest absolute Gasteiger partial charge is 0.480 e. The first-order valence-electron chi connectivity index (χ1n) is 3.44. The molecule has 0 bridgehead atoms. The lowest BCUT2D eigenvalue weighted by atomic mass is 10.5. The number of carbonyl (C=O) groups excluding carboxylic acids is 1. The van der Waals surface area contributed by atoms with Gasteiger partial charge in [-0.2, -0.15) is 5.10 Å². The molecule has 13 heavy (non-hydrogen) atoms. The van der Waals surface area contributed by atoms with Crippen LogP contribution in [0.1, 0.15) is 0 Å². The molecule has 0 spiro atoms. The number of hydrogen-bond donors (Lipinski definition) is 4. The molecule has 0 saturated carbocycles. The Kier molecular flexibility index (Phi) is 2.85. The van der Waals surface area contributed by atoms with Crippen molar-refractivity contribution in [2.75, 3.05) is 11.9 Å². The third kappa shape index (κ3) is 3.23. The second kappa shape index (κ2) is 4.10. The fraction of sp³-hybridized carbons (Fsp3) is 0.167. The highest BCUT2D eigenvalue weighted by Crippen LogP contribution is 1.99. The minimum atomic E-state index is -1.10. The van der Waals surface area contributed by atoms with Crippen molar-refractivity contribution in [2.45, 2.75) is 0 Å².